The fourth-order valence-corrected chi connectivity index (χ4v) is 4.10. The minimum absolute atomic E-state index is 0.0554. The third kappa shape index (κ3) is 3.67. The first-order valence-electron chi connectivity index (χ1n) is 7.94. The number of rotatable bonds is 5. The monoisotopic (exact) mass is 348 g/mol. The lowest BCUT2D eigenvalue weighted by Gasteiger charge is -2.32. The Hall–Kier alpha value is -1.17. The van der Waals surface area contributed by atoms with Gasteiger partial charge in [0.1, 0.15) is 16.4 Å². The molecule has 0 bridgehead atoms. The second kappa shape index (κ2) is 6.75. The van der Waals surface area contributed by atoms with Gasteiger partial charge in [-0.05, 0) is 30.5 Å². The number of thiazole rings is 1. The normalized spacial score (nSPS) is 14.8. The second-order valence-electron chi connectivity index (χ2n) is 6.99. The minimum Gasteiger partial charge on any atom is -0.542 e. The predicted molar refractivity (Wildman–Crippen MR) is 98.7 cm³/mol. The molecule has 0 spiro atoms. The van der Waals surface area contributed by atoms with Crippen molar-refractivity contribution in [1.29, 1.82) is 0 Å². The van der Waals surface area contributed by atoms with Crippen molar-refractivity contribution >= 4 is 20.4 Å². The standard InChI is InChI=1S/C18H26NO2SSi/c1-7-18(20,16-19-11-12-22-16)14-10-8-9-13(17(2,3)4)15(14)21-23(5)6/h8-12,20H,7H2,1-6H3. The fourth-order valence-electron chi connectivity index (χ4n) is 2.65. The lowest BCUT2D eigenvalue weighted by molar-refractivity contribution is 0.0742. The Bertz CT molecular complexity index is 650. The maximum absolute atomic E-state index is 11.4. The lowest BCUT2D eigenvalue weighted by Crippen LogP contribution is -2.29. The van der Waals surface area contributed by atoms with E-state index in [1.807, 2.05) is 24.4 Å². The molecule has 1 heterocycles. The van der Waals surface area contributed by atoms with Crippen LogP contribution in [0.5, 0.6) is 5.75 Å². The van der Waals surface area contributed by atoms with Crippen molar-refractivity contribution < 1.29 is 9.53 Å². The van der Waals surface area contributed by atoms with E-state index in [2.05, 4.69) is 44.9 Å². The van der Waals surface area contributed by atoms with Crippen molar-refractivity contribution in [2.75, 3.05) is 0 Å². The summed E-state index contributed by atoms with van der Waals surface area (Å²) in [7, 11) is -0.955. The van der Waals surface area contributed by atoms with Crippen LogP contribution >= 0.6 is 11.3 Å². The van der Waals surface area contributed by atoms with Crippen molar-refractivity contribution in [3.63, 3.8) is 0 Å². The maximum atomic E-state index is 11.4. The highest BCUT2D eigenvalue weighted by Crippen LogP contribution is 2.43. The zero-order chi connectivity index (χ0) is 17.3. The van der Waals surface area contributed by atoms with Gasteiger partial charge in [-0.1, -0.05) is 45.9 Å². The number of aliphatic hydroxyl groups is 1. The molecule has 1 atom stereocenters. The van der Waals surface area contributed by atoms with Gasteiger partial charge in [-0.25, -0.2) is 4.98 Å². The Morgan fingerprint density at radius 3 is 2.35 bits per heavy atom. The summed E-state index contributed by atoms with van der Waals surface area (Å²) in [6, 6.07) is 6.08. The van der Waals surface area contributed by atoms with E-state index in [1.54, 1.807) is 6.20 Å². The summed E-state index contributed by atoms with van der Waals surface area (Å²) in [6.45, 7) is 12.7. The molecule has 3 nitrogen and oxygen atoms in total. The molecule has 125 valence electrons. The molecule has 2 aromatic rings. The van der Waals surface area contributed by atoms with Crippen molar-refractivity contribution in [3.05, 3.63) is 45.9 Å². The van der Waals surface area contributed by atoms with E-state index >= 15 is 0 Å². The van der Waals surface area contributed by atoms with Gasteiger partial charge in [0, 0.05) is 17.1 Å². The van der Waals surface area contributed by atoms with Crippen LogP contribution in [0, 0.1) is 0 Å². The molecule has 5 heteroatoms. The molecule has 0 aliphatic carbocycles. The summed E-state index contributed by atoms with van der Waals surface area (Å²) in [6.07, 6.45) is 2.30. The Balaban J connectivity index is 2.70. The zero-order valence-electron chi connectivity index (χ0n) is 14.8. The van der Waals surface area contributed by atoms with Crippen molar-refractivity contribution in [1.82, 2.24) is 4.98 Å². The maximum Gasteiger partial charge on any atom is 0.274 e. The summed E-state index contributed by atoms with van der Waals surface area (Å²) in [5.41, 5.74) is 0.792. The molecule has 0 aliphatic rings. The summed E-state index contributed by atoms with van der Waals surface area (Å²) in [5.74, 6) is 0.832. The molecule has 0 saturated heterocycles. The Morgan fingerprint density at radius 2 is 1.87 bits per heavy atom. The average Bonchev–Trinajstić information content (AvgIpc) is 2.99. The quantitative estimate of drug-likeness (QED) is 0.795. The van der Waals surface area contributed by atoms with Crippen LogP contribution in [0.3, 0.4) is 0 Å². The molecule has 1 aromatic carbocycles. The molecule has 0 fully saturated rings. The number of para-hydroxylation sites is 1. The Kier molecular flexibility index (Phi) is 5.33. The smallest absolute Gasteiger partial charge is 0.274 e. The van der Waals surface area contributed by atoms with E-state index < -0.39 is 14.6 Å². The molecule has 1 unspecified atom stereocenters. The van der Waals surface area contributed by atoms with Crippen LogP contribution in [0.25, 0.3) is 0 Å². The van der Waals surface area contributed by atoms with E-state index in [4.69, 9.17) is 4.43 Å². The fraction of sp³-hybridized carbons (Fsp3) is 0.500. The summed E-state index contributed by atoms with van der Waals surface area (Å²) >= 11 is 1.48. The van der Waals surface area contributed by atoms with Crippen LogP contribution in [0.4, 0.5) is 0 Å². The number of nitrogens with zero attached hydrogens (tertiary/aromatic N) is 1. The molecule has 0 aliphatic heterocycles. The van der Waals surface area contributed by atoms with Crippen LogP contribution in [-0.4, -0.2) is 19.1 Å². The van der Waals surface area contributed by atoms with E-state index in [1.165, 1.54) is 11.3 Å². The average molecular weight is 349 g/mol. The van der Waals surface area contributed by atoms with Crippen LogP contribution in [0.15, 0.2) is 29.8 Å². The molecular formula is C18H26NO2SSi. The third-order valence-electron chi connectivity index (χ3n) is 3.87. The molecule has 1 radical (unpaired) electrons. The van der Waals surface area contributed by atoms with Gasteiger partial charge in [-0.15, -0.1) is 11.3 Å². The number of aromatic nitrogens is 1. The highest BCUT2D eigenvalue weighted by Gasteiger charge is 2.37. The lowest BCUT2D eigenvalue weighted by atomic mass is 9.81. The van der Waals surface area contributed by atoms with Crippen molar-refractivity contribution in [3.8, 4) is 5.75 Å². The van der Waals surface area contributed by atoms with Crippen LogP contribution in [0.2, 0.25) is 13.1 Å². The van der Waals surface area contributed by atoms with Gasteiger partial charge in [0.15, 0.2) is 0 Å². The molecule has 23 heavy (non-hydrogen) atoms. The Morgan fingerprint density at radius 1 is 1.22 bits per heavy atom. The van der Waals surface area contributed by atoms with Crippen LogP contribution in [0.1, 0.15) is 50.3 Å². The van der Waals surface area contributed by atoms with Gasteiger partial charge in [0.2, 0.25) is 0 Å². The van der Waals surface area contributed by atoms with Gasteiger partial charge in [0.25, 0.3) is 9.04 Å². The third-order valence-corrected chi connectivity index (χ3v) is 5.41. The molecule has 0 saturated carbocycles. The highest BCUT2D eigenvalue weighted by molar-refractivity contribution is 7.09. The van der Waals surface area contributed by atoms with Crippen LogP contribution < -0.4 is 4.43 Å². The predicted octanol–water partition coefficient (Wildman–Crippen LogP) is 4.72. The number of hydrogen-bond acceptors (Lipinski definition) is 4. The molecule has 1 aromatic heterocycles. The first-order chi connectivity index (χ1) is 10.7. The first kappa shape index (κ1) is 18.2. The minimum atomic E-state index is -1.11. The van der Waals surface area contributed by atoms with E-state index in [-0.39, 0.29) is 5.41 Å². The largest absolute Gasteiger partial charge is 0.542 e. The van der Waals surface area contributed by atoms with Crippen molar-refractivity contribution in [2.24, 2.45) is 0 Å². The van der Waals surface area contributed by atoms with E-state index in [9.17, 15) is 5.11 Å². The van der Waals surface area contributed by atoms with Gasteiger partial charge in [-0.3, -0.25) is 0 Å². The van der Waals surface area contributed by atoms with Gasteiger partial charge < -0.3 is 9.53 Å². The molecule has 2 rings (SSSR count). The van der Waals surface area contributed by atoms with Crippen LogP contribution in [-0.2, 0) is 11.0 Å². The highest BCUT2D eigenvalue weighted by atomic mass is 32.1. The van der Waals surface area contributed by atoms with E-state index in [0.29, 0.717) is 6.42 Å². The topological polar surface area (TPSA) is 42.4 Å². The van der Waals surface area contributed by atoms with Gasteiger partial charge >= 0.3 is 0 Å². The Labute approximate surface area is 145 Å². The van der Waals surface area contributed by atoms with Gasteiger partial charge in [0.05, 0.1) is 0 Å². The summed E-state index contributed by atoms with van der Waals surface area (Å²) in [5, 5.41) is 14.0. The first-order valence-corrected chi connectivity index (χ1v) is 11.2. The zero-order valence-corrected chi connectivity index (χ0v) is 16.6. The number of benzene rings is 1. The number of hydrogen-bond donors (Lipinski definition) is 1. The SMILES string of the molecule is CCC(O)(c1nccs1)c1cccc(C(C)(C)C)c1O[Si](C)C. The molecule has 1 N–H and O–H groups in total. The summed E-state index contributed by atoms with van der Waals surface area (Å²) in [4.78, 5) is 4.37. The molecule has 0 amide bonds. The van der Waals surface area contributed by atoms with E-state index in [0.717, 1.165) is 21.9 Å². The summed E-state index contributed by atoms with van der Waals surface area (Å²) < 4.78 is 6.27. The van der Waals surface area contributed by atoms with Crippen molar-refractivity contribution in [2.45, 2.75) is 58.2 Å². The molecular weight excluding hydrogens is 322 g/mol. The second-order valence-corrected chi connectivity index (χ2v) is 9.91. The van der Waals surface area contributed by atoms with Gasteiger partial charge in [-0.2, -0.15) is 0 Å².